The van der Waals surface area contributed by atoms with E-state index in [4.69, 9.17) is 5.84 Å². The van der Waals surface area contributed by atoms with E-state index in [0.29, 0.717) is 0 Å². The van der Waals surface area contributed by atoms with Crippen LogP contribution in [-0.2, 0) is 0 Å². The second-order valence-electron chi connectivity index (χ2n) is 4.33. The zero-order chi connectivity index (χ0) is 13.1. The summed E-state index contributed by atoms with van der Waals surface area (Å²) in [5.74, 6) is 5.72. The standard InChI is InChI=1S/C14H16BrN3/c1-9-5-6-17-8-13(9)14(18-16)12-4-3-11(15)7-10(12)2/h3-8,14,18H,16H2,1-2H3. The zero-order valence-electron chi connectivity index (χ0n) is 10.4. The number of rotatable bonds is 3. The molecule has 0 fully saturated rings. The average molecular weight is 306 g/mol. The molecule has 0 spiro atoms. The van der Waals surface area contributed by atoms with Gasteiger partial charge in [0.25, 0.3) is 0 Å². The molecule has 94 valence electrons. The Hall–Kier alpha value is -1.23. The maximum Gasteiger partial charge on any atom is 0.0730 e. The van der Waals surface area contributed by atoms with Gasteiger partial charge in [0, 0.05) is 16.9 Å². The predicted molar refractivity (Wildman–Crippen MR) is 77.0 cm³/mol. The van der Waals surface area contributed by atoms with Crippen molar-refractivity contribution in [3.63, 3.8) is 0 Å². The molecule has 4 heteroatoms. The van der Waals surface area contributed by atoms with Gasteiger partial charge in [-0.25, -0.2) is 5.43 Å². The Bertz CT molecular complexity index is 554. The van der Waals surface area contributed by atoms with Crippen LogP contribution in [0.15, 0.2) is 41.1 Å². The third-order valence-electron chi connectivity index (χ3n) is 3.10. The molecule has 0 radical (unpaired) electrons. The Morgan fingerprint density at radius 1 is 1.17 bits per heavy atom. The predicted octanol–water partition coefficient (Wildman–Crippen LogP) is 3.01. The summed E-state index contributed by atoms with van der Waals surface area (Å²) in [6, 6.07) is 8.15. The highest BCUT2D eigenvalue weighted by Gasteiger charge is 2.16. The summed E-state index contributed by atoms with van der Waals surface area (Å²) in [4.78, 5) is 4.18. The molecule has 0 saturated heterocycles. The third kappa shape index (κ3) is 2.61. The SMILES string of the molecule is Cc1cc(Br)ccc1C(NN)c1cnccc1C. The van der Waals surface area contributed by atoms with Gasteiger partial charge in [-0.15, -0.1) is 0 Å². The maximum atomic E-state index is 5.72. The minimum atomic E-state index is -0.0354. The highest BCUT2D eigenvalue weighted by molar-refractivity contribution is 9.10. The van der Waals surface area contributed by atoms with Crippen LogP contribution < -0.4 is 11.3 Å². The third-order valence-corrected chi connectivity index (χ3v) is 3.59. The van der Waals surface area contributed by atoms with Crippen molar-refractivity contribution in [3.05, 3.63) is 63.4 Å². The number of aryl methyl sites for hydroxylation is 2. The summed E-state index contributed by atoms with van der Waals surface area (Å²) >= 11 is 3.47. The minimum Gasteiger partial charge on any atom is -0.271 e. The van der Waals surface area contributed by atoms with E-state index in [1.807, 2.05) is 18.3 Å². The Labute approximate surface area is 116 Å². The van der Waals surface area contributed by atoms with E-state index < -0.39 is 0 Å². The van der Waals surface area contributed by atoms with E-state index in [1.165, 1.54) is 11.1 Å². The maximum absolute atomic E-state index is 5.72. The first-order valence-electron chi connectivity index (χ1n) is 5.76. The van der Waals surface area contributed by atoms with Crippen LogP contribution in [0.2, 0.25) is 0 Å². The van der Waals surface area contributed by atoms with Crippen LogP contribution in [0.25, 0.3) is 0 Å². The first-order chi connectivity index (χ1) is 8.63. The lowest BCUT2D eigenvalue weighted by Crippen LogP contribution is -2.30. The smallest absolute Gasteiger partial charge is 0.0730 e. The van der Waals surface area contributed by atoms with E-state index in [1.54, 1.807) is 6.20 Å². The molecule has 2 aromatic rings. The van der Waals surface area contributed by atoms with Gasteiger partial charge in [0.15, 0.2) is 0 Å². The molecule has 18 heavy (non-hydrogen) atoms. The van der Waals surface area contributed by atoms with Gasteiger partial charge in [0.1, 0.15) is 0 Å². The molecule has 1 atom stereocenters. The second-order valence-corrected chi connectivity index (χ2v) is 5.25. The van der Waals surface area contributed by atoms with E-state index >= 15 is 0 Å². The summed E-state index contributed by atoms with van der Waals surface area (Å²) in [5.41, 5.74) is 7.51. The van der Waals surface area contributed by atoms with E-state index in [0.717, 1.165) is 15.6 Å². The Kier molecular flexibility index (Phi) is 4.11. The number of hydrogen-bond acceptors (Lipinski definition) is 3. The first kappa shape index (κ1) is 13.2. The lowest BCUT2D eigenvalue weighted by molar-refractivity contribution is 0.628. The number of nitrogens with zero attached hydrogens (tertiary/aromatic N) is 1. The van der Waals surface area contributed by atoms with Crippen LogP contribution in [0, 0.1) is 13.8 Å². The van der Waals surface area contributed by atoms with Crippen molar-refractivity contribution in [2.75, 3.05) is 0 Å². The highest BCUT2D eigenvalue weighted by Crippen LogP contribution is 2.27. The molecule has 1 heterocycles. The van der Waals surface area contributed by atoms with Crippen molar-refractivity contribution in [3.8, 4) is 0 Å². The molecule has 1 unspecified atom stereocenters. The van der Waals surface area contributed by atoms with Crippen LogP contribution >= 0.6 is 15.9 Å². The summed E-state index contributed by atoms with van der Waals surface area (Å²) in [5, 5.41) is 0. The van der Waals surface area contributed by atoms with Gasteiger partial charge in [0.2, 0.25) is 0 Å². The van der Waals surface area contributed by atoms with Gasteiger partial charge in [0.05, 0.1) is 6.04 Å². The Balaban J connectivity index is 2.49. The first-order valence-corrected chi connectivity index (χ1v) is 6.55. The molecule has 0 aliphatic heterocycles. The van der Waals surface area contributed by atoms with Gasteiger partial charge in [-0.05, 0) is 54.3 Å². The number of aromatic nitrogens is 1. The molecular weight excluding hydrogens is 290 g/mol. The van der Waals surface area contributed by atoms with Gasteiger partial charge in [-0.1, -0.05) is 22.0 Å². The number of benzene rings is 1. The summed E-state index contributed by atoms with van der Waals surface area (Å²) in [6.07, 6.45) is 3.65. The molecule has 1 aromatic heterocycles. The number of hydrazine groups is 1. The lowest BCUT2D eigenvalue weighted by atomic mass is 9.94. The molecule has 0 saturated carbocycles. The monoisotopic (exact) mass is 305 g/mol. The van der Waals surface area contributed by atoms with Gasteiger partial charge in [-0.3, -0.25) is 10.8 Å². The van der Waals surface area contributed by atoms with Crippen molar-refractivity contribution < 1.29 is 0 Å². The van der Waals surface area contributed by atoms with Gasteiger partial charge >= 0.3 is 0 Å². The summed E-state index contributed by atoms with van der Waals surface area (Å²) in [6.45, 7) is 4.14. The van der Waals surface area contributed by atoms with Crippen LogP contribution in [0.3, 0.4) is 0 Å². The van der Waals surface area contributed by atoms with Crippen LogP contribution in [0.5, 0.6) is 0 Å². The van der Waals surface area contributed by atoms with Crippen molar-refractivity contribution in [1.29, 1.82) is 0 Å². The van der Waals surface area contributed by atoms with E-state index in [9.17, 15) is 0 Å². The minimum absolute atomic E-state index is 0.0354. The van der Waals surface area contributed by atoms with Crippen LogP contribution in [0.4, 0.5) is 0 Å². The number of pyridine rings is 1. The fourth-order valence-electron chi connectivity index (χ4n) is 2.09. The normalized spacial score (nSPS) is 12.4. The molecule has 1 aromatic carbocycles. The molecule has 3 N–H and O–H groups in total. The second kappa shape index (κ2) is 5.61. The quantitative estimate of drug-likeness (QED) is 0.677. The summed E-state index contributed by atoms with van der Waals surface area (Å²) < 4.78 is 1.07. The van der Waals surface area contributed by atoms with Crippen molar-refractivity contribution in [2.45, 2.75) is 19.9 Å². The molecule has 0 bridgehead atoms. The largest absolute Gasteiger partial charge is 0.271 e. The number of hydrogen-bond donors (Lipinski definition) is 2. The Morgan fingerprint density at radius 2 is 1.94 bits per heavy atom. The van der Waals surface area contributed by atoms with Crippen LogP contribution in [-0.4, -0.2) is 4.98 Å². The molecule has 3 nitrogen and oxygen atoms in total. The lowest BCUT2D eigenvalue weighted by Gasteiger charge is -2.20. The highest BCUT2D eigenvalue weighted by atomic mass is 79.9. The van der Waals surface area contributed by atoms with Crippen molar-refractivity contribution in [2.24, 2.45) is 5.84 Å². The molecule has 0 amide bonds. The topological polar surface area (TPSA) is 50.9 Å². The van der Waals surface area contributed by atoms with Crippen molar-refractivity contribution >= 4 is 15.9 Å². The van der Waals surface area contributed by atoms with E-state index in [-0.39, 0.29) is 6.04 Å². The number of halogens is 1. The van der Waals surface area contributed by atoms with Gasteiger partial charge in [-0.2, -0.15) is 0 Å². The molecule has 2 rings (SSSR count). The molecular formula is C14H16BrN3. The number of nitrogens with two attached hydrogens (primary N) is 1. The molecule has 0 aliphatic carbocycles. The zero-order valence-corrected chi connectivity index (χ0v) is 12.0. The fourth-order valence-corrected chi connectivity index (χ4v) is 2.56. The average Bonchev–Trinajstić information content (AvgIpc) is 2.34. The molecule has 0 aliphatic rings. The van der Waals surface area contributed by atoms with Crippen LogP contribution in [0.1, 0.15) is 28.3 Å². The summed E-state index contributed by atoms with van der Waals surface area (Å²) in [7, 11) is 0. The Morgan fingerprint density at radius 3 is 2.56 bits per heavy atom. The van der Waals surface area contributed by atoms with Crippen molar-refractivity contribution in [1.82, 2.24) is 10.4 Å². The van der Waals surface area contributed by atoms with E-state index in [2.05, 4.69) is 52.3 Å². The fraction of sp³-hybridized carbons (Fsp3) is 0.214. The number of nitrogens with one attached hydrogen (secondary N) is 1. The van der Waals surface area contributed by atoms with Gasteiger partial charge < -0.3 is 0 Å².